The van der Waals surface area contributed by atoms with Gasteiger partial charge < -0.3 is 15.1 Å². The topological polar surface area (TPSA) is 18.5 Å². The molecular formula is C15H33N3. The number of nitrogens with one attached hydrogen (secondary N) is 1. The lowest BCUT2D eigenvalue weighted by Gasteiger charge is -2.27. The Kier molecular flexibility index (Phi) is 7.20. The largest absolute Gasteiger partial charge is 0.319 e. The highest BCUT2D eigenvalue weighted by atomic mass is 15.1. The molecule has 1 aliphatic heterocycles. The van der Waals surface area contributed by atoms with Crippen LogP contribution in [0.1, 0.15) is 26.7 Å². The summed E-state index contributed by atoms with van der Waals surface area (Å²) in [5.74, 6) is 2.46. The van der Waals surface area contributed by atoms with Crippen LogP contribution in [0.5, 0.6) is 0 Å². The summed E-state index contributed by atoms with van der Waals surface area (Å²) < 4.78 is 0. The van der Waals surface area contributed by atoms with Crippen LogP contribution in [0.3, 0.4) is 0 Å². The van der Waals surface area contributed by atoms with Gasteiger partial charge in [-0.25, -0.2) is 0 Å². The van der Waals surface area contributed by atoms with E-state index in [0.717, 1.165) is 24.3 Å². The Hall–Kier alpha value is -0.120. The van der Waals surface area contributed by atoms with Gasteiger partial charge in [0.05, 0.1) is 0 Å². The predicted octanol–water partition coefficient (Wildman–Crippen LogP) is 1.75. The fourth-order valence-electron chi connectivity index (χ4n) is 2.93. The van der Waals surface area contributed by atoms with Crippen molar-refractivity contribution in [3.05, 3.63) is 0 Å². The highest BCUT2D eigenvalue weighted by molar-refractivity contribution is 4.75. The Bertz CT molecular complexity index is 218. The lowest BCUT2D eigenvalue weighted by atomic mass is 9.95. The van der Waals surface area contributed by atoms with Crippen molar-refractivity contribution in [2.45, 2.75) is 26.7 Å². The molecule has 1 aliphatic rings. The second-order valence-electron chi connectivity index (χ2n) is 6.53. The number of hydrogen-bond acceptors (Lipinski definition) is 3. The highest BCUT2D eigenvalue weighted by Gasteiger charge is 2.20. The molecule has 3 nitrogen and oxygen atoms in total. The zero-order valence-electron chi connectivity index (χ0n) is 13.1. The molecule has 0 aromatic heterocycles. The van der Waals surface area contributed by atoms with E-state index in [9.17, 15) is 0 Å². The van der Waals surface area contributed by atoms with Crippen LogP contribution in [0.4, 0.5) is 0 Å². The van der Waals surface area contributed by atoms with Crippen LogP contribution >= 0.6 is 0 Å². The minimum Gasteiger partial charge on any atom is -0.319 e. The summed E-state index contributed by atoms with van der Waals surface area (Å²) in [7, 11) is 6.58. The van der Waals surface area contributed by atoms with E-state index >= 15 is 0 Å². The second-order valence-corrected chi connectivity index (χ2v) is 6.53. The summed E-state index contributed by atoms with van der Waals surface area (Å²) >= 11 is 0. The van der Waals surface area contributed by atoms with Crippen LogP contribution in [0.25, 0.3) is 0 Å². The predicted molar refractivity (Wildman–Crippen MR) is 80.0 cm³/mol. The first-order chi connectivity index (χ1) is 8.52. The van der Waals surface area contributed by atoms with Crippen LogP contribution in [0.15, 0.2) is 0 Å². The van der Waals surface area contributed by atoms with Gasteiger partial charge in [-0.3, -0.25) is 0 Å². The smallest absolute Gasteiger partial charge is 0.00212 e. The fraction of sp³-hybridized carbons (Fsp3) is 1.00. The molecule has 0 aliphatic carbocycles. The van der Waals surface area contributed by atoms with E-state index in [4.69, 9.17) is 0 Å². The molecule has 2 atom stereocenters. The first-order valence-corrected chi connectivity index (χ1v) is 7.54. The van der Waals surface area contributed by atoms with E-state index in [1.54, 1.807) is 0 Å². The molecule has 1 heterocycles. The Balaban J connectivity index is 2.21. The Morgan fingerprint density at radius 2 is 2.11 bits per heavy atom. The molecule has 0 radical (unpaired) electrons. The highest BCUT2D eigenvalue weighted by Crippen LogP contribution is 2.18. The Labute approximate surface area is 114 Å². The standard InChI is InChI=1S/C15H33N3/c1-13(2)15(10-16-3)12-18(5)9-7-14-6-8-17(4)11-14/h13-16H,6-12H2,1-5H3. The van der Waals surface area contributed by atoms with Gasteiger partial charge in [-0.05, 0) is 71.4 Å². The zero-order chi connectivity index (χ0) is 13.5. The molecule has 3 heteroatoms. The minimum absolute atomic E-state index is 0.762. The van der Waals surface area contributed by atoms with Crippen LogP contribution < -0.4 is 5.32 Å². The molecule has 0 amide bonds. The monoisotopic (exact) mass is 255 g/mol. The van der Waals surface area contributed by atoms with Crippen molar-refractivity contribution in [1.82, 2.24) is 15.1 Å². The average molecular weight is 255 g/mol. The third-order valence-corrected chi connectivity index (χ3v) is 4.36. The van der Waals surface area contributed by atoms with E-state index in [0.29, 0.717) is 0 Å². The Morgan fingerprint density at radius 3 is 2.61 bits per heavy atom. The van der Waals surface area contributed by atoms with Crippen molar-refractivity contribution in [3.63, 3.8) is 0 Å². The maximum atomic E-state index is 3.32. The van der Waals surface area contributed by atoms with Crippen LogP contribution in [-0.4, -0.2) is 63.7 Å². The Morgan fingerprint density at radius 1 is 1.39 bits per heavy atom. The van der Waals surface area contributed by atoms with Gasteiger partial charge in [0.15, 0.2) is 0 Å². The molecule has 18 heavy (non-hydrogen) atoms. The molecule has 0 saturated carbocycles. The molecule has 2 unspecified atom stereocenters. The lowest BCUT2D eigenvalue weighted by molar-refractivity contribution is 0.221. The number of likely N-dealkylation sites (tertiary alicyclic amines) is 1. The van der Waals surface area contributed by atoms with Crippen LogP contribution in [-0.2, 0) is 0 Å². The average Bonchev–Trinajstić information content (AvgIpc) is 2.72. The molecule has 0 aromatic carbocycles. The van der Waals surface area contributed by atoms with Gasteiger partial charge in [-0.2, -0.15) is 0 Å². The lowest BCUT2D eigenvalue weighted by Crippen LogP contribution is -2.35. The first-order valence-electron chi connectivity index (χ1n) is 7.54. The molecule has 108 valence electrons. The van der Waals surface area contributed by atoms with Crippen molar-refractivity contribution < 1.29 is 0 Å². The fourth-order valence-corrected chi connectivity index (χ4v) is 2.93. The van der Waals surface area contributed by atoms with Crippen molar-refractivity contribution in [1.29, 1.82) is 0 Å². The van der Waals surface area contributed by atoms with Gasteiger partial charge in [-0.15, -0.1) is 0 Å². The third kappa shape index (κ3) is 5.68. The van der Waals surface area contributed by atoms with Gasteiger partial charge in [0.1, 0.15) is 0 Å². The number of nitrogens with zero attached hydrogens (tertiary/aromatic N) is 2. The number of rotatable bonds is 8. The summed E-state index contributed by atoms with van der Waals surface area (Å²) in [5.41, 5.74) is 0. The molecular weight excluding hydrogens is 222 g/mol. The van der Waals surface area contributed by atoms with Gasteiger partial charge in [0.2, 0.25) is 0 Å². The maximum absolute atomic E-state index is 3.32. The summed E-state index contributed by atoms with van der Waals surface area (Å²) in [5, 5.41) is 3.32. The van der Waals surface area contributed by atoms with E-state index in [1.807, 2.05) is 0 Å². The molecule has 1 N–H and O–H groups in total. The zero-order valence-corrected chi connectivity index (χ0v) is 13.1. The summed E-state index contributed by atoms with van der Waals surface area (Å²) in [6.45, 7) is 10.9. The second kappa shape index (κ2) is 8.13. The van der Waals surface area contributed by atoms with Crippen molar-refractivity contribution in [3.8, 4) is 0 Å². The SMILES string of the molecule is CNCC(CN(C)CCC1CCN(C)C1)C(C)C. The summed E-state index contributed by atoms with van der Waals surface area (Å²) in [4.78, 5) is 4.99. The summed E-state index contributed by atoms with van der Waals surface area (Å²) in [6.07, 6.45) is 2.76. The van der Waals surface area contributed by atoms with Gasteiger partial charge >= 0.3 is 0 Å². The van der Waals surface area contributed by atoms with Crippen LogP contribution in [0.2, 0.25) is 0 Å². The minimum atomic E-state index is 0.762. The van der Waals surface area contributed by atoms with Gasteiger partial charge in [0, 0.05) is 13.1 Å². The van der Waals surface area contributed by atoms with Gasteiger partial charge in [-0.1, -0.05) is 13.8 Å². The van der Waals surface area contributed by atoms with Crippen molar-refractivity contribution in [2.24, 2.45) is 17.8 Å². The van der Waals surface area contributed by atoms with Crippen molar-refractivity contribution in [2.75, 3.05) is 53.9 Å². The van der Waals surface area contributed by atoms with E-state index in [2.05, 4.69) is 50.1 Å². The van der Waals surface area contributed by atoms with Crippen molar-refractivity contribution >= 4 is 0 Å². The molecule has 0 spiro atoms. The van der Waals surface area contributed by atoms with Crippen LogP contribution in [0, 0.1) is 17.8 Å². The number of hydrogen-bond donors (Lipinski definition) is 1. The van der Waals surface area contributed by atoms with E-state index in [-0.39, 0.29) is 0 Å². The van der Waals surface area contributed by atoms with Gasteiger partial charge in [0.25, 0.3) is 0 Å². The quantitative estimate of drug-likeness (QED) is 0.713. The molecule has 1 rings (SSSR count). The van der Waals surface area contributed by atoms with E-state index in [1.165, 1.54) is 39.0 Å². The van der Waals surface area contributed by atoms with E-state index < -0.39 is 0 Å². The maximum Gasteiger partial charge on any atom is 0.00212 e. The molecule has 1 fully saturated rings. The normalized spacial score (nSPS) is 23.2. The molecule has 0 aromatic rings. The first kappa shape index (κ1) is 15.9. The molecule has 0 bridgehead atoms. The third-order valence-electron chi connectivity index (χ3n) is 4.36. The molecule has 1 saturated heterocycles. The summed E-state index contributed by atoms with van der Waals surface area (Å²) in [6, 6.07) is 0.